The number of rotatable bonds is 11. The number of fused-ring (bicyclic) bond motifs is 1. The number of imidazole rings is 1. The lowest BCUT2D eigenvalue weighted by Crippen LogP contribution is -2.09. The lowest BCUT2D eigenvalue weighted by Gasteiger charge is -2.13. The molecule has 0 aliphatic heterocycles. The number of anilines is 1. The van der Waals surface area contributed by atoms with E-state index in [1.165, 1.54) is 48.5 Å². The minimum Gasteiger partial charge on any atom is -0.364 e. The third kappa shape index (κ3) is 7.55. The van der Waals surface area contributed by atoms with Crippen molar-refractivity contribution >= 4 is 44.2 Å². The summed E-state index contributed by atoms with van der Waals surface area (Å²) in [6, 6.07) is 20.0. The summed E-state index contributed by atoms with van der Waals surface area (Å²) in [6.45, 7) is 0.241. The normalized spacial score (nSPS) is 12.0. The van der Waals surface area contributed by atoms with E-state index in [1.807, 2.05) is 24.3 Å². The smallest absolute Gasteiger partial charge is 0.269 e. The van der Waals surface area contributed by atoms with Crippen LogP contribution in [0.4, 0.5) is 26.0 Å². The van der Waals surface area contributed by atoms with E-state index in [0.717, 1.165) is 0 Å². The van der Waals surface area contributed by atoms with E-state index in [9.17, 15) is 24.6 Å². The molecule has 5 aromatic rings. The van der Waals surface area contributed by atoms with E-state index in [4.69, 9.17) is 9.89 Å². The Bertz CT molecular complexity index is 1770. The maximum absolute atomic E-state index is 15.2. The summed E-state index contributed by atoms with van der Waals surface area (Å²) in [7, 11) is 0. The van der Waals surface area contributed by atoms with Gasteiger partial charge in [-0.1, -0.05) is 28.1 Å². The van der Waals surface area contributed by atoms with Crippen molar-refractivity contribution < 1.29 is 23.3 Å². The van der Waals surface area contributed by atoms with Gasteiger partial charge in [-0.2, -0.15) is 5.26 Å². The highest BCUT2D eigenvalue weighted by atomic mass is 79.9. The molecule has 5 rings (SSSR count). The maximum atomic E-state index is 15.2. The van der Waals surface area contributed by atoms with E-state index in [2.05, 4.69) is 36.5 Å². The summed E-state index contributed by atoms with van der Waals surface area (Å²) >= 11 is 2.99. The zero-order chi connectivity index (χ0) is 31.6. The molecule has 0 aliphatic carbocycles. The van der Waals surface area contributed by atoms with Crippen molar-refractivity contribution in [2.24, 2.45) is 0 Å². The second kappa shape index (κ2) is 14.7. The van der Waals surface area contributed by atoms with Crippen molar-refractivity contribution in [2.75, 3.05) is 17.2 Å². The van der Waals surface area contributed by atoms with Crippen LogP contribution in [0.3, 0.4) is 0 Å². The Morgan fingerprint density at radius 3 is 2.09 bits per heavy atom. The summed E-state index contributed by atoms with van der Waals surface area (Å²) in [5.41, 5.74) is 2.25. The van der Waals surface area contributed by atoms with Gasteiger partial charge in [-0.25, -0.2) is 18.4 Å². The molecule has 2 heterocycles. The fourth-order valence-electron chi connectivity index (χ4n) is 4.09. The summed E-state index contributed by atoms with van der Waals surface area (Å²) in [4.78, 5) is 24.6. The molecule has 0 aliphatic rings. The molecule has 3 aromatic carbocycles. The highest BCUT2D eigenvalue weighted by Gasteiger charge is 2.23. The average Bonchev–Trinajstić information content (AvgIpc) is 3.65. The lowest BCUT2D eigenvalue weighted by molar-refractivity contribution is -0.385. The molecule has 13 nitrogen and oxygen atoms in total. The van der Waals surface area contributed by atoms with E-state index < -0.39 is 22.2 Å². The number of aromatic nitrogens is 4. The lowest BCUT2D eigenvalue weighted by atomic mass is 10.1. The molecule has 2 unspecified atom stereocenters. The molecule has 2 aromatic heterocycles. The van der Waals surface area contributed by atoms with Crippen LogP contribution >= 0.6 is 15.9 Å². The molecule has 16 heteroatoms. The van der Waals surface area contributed by atoms with Gasteiger partial charge in [0.15, 0.2) is 11.5 Å². The third-order valence-corrected chi connectivity index (χ3v) is 6.86. The molecule has 2 atom stereocenters. The number of halogens is 3. The van der Waals surface area contributed by atoms with Crippen molar-refractivity contribution in [2.45, 2.75) is 25.3 Å². The Hall–Kier alpha value is -5.30. The largest absolute Gasteiger partial charge is 0.364 e. The van der Waals surface area contributed by atoms with Gasteiger partial charge in [0.1, 0.15) is 12.3 Å². The Morgan fingerprint density at radius 1 is 0.932 bits per heavy atom. The molecular weight excluding hydrogens is 646 g/mol. The first-order valence-corrected chi connectivity index (χ1v) is 14.1. The van der Waals surface area contributed by atoms with Gasteiger partial charge in [-0.3, -0.25) is 20.2 Å². The van der Waals surface area contributed by atoms with E-state index in [-0.39, 0.29) is 29.7 Å². The standard InChI is InChI=1S/C20H16FN7O3.C8H7BrFNO2/c21-15(13-6-8-14(9-7-13)28(29)30)12-27-17-5-2-1-4-16(17)24-20(27)18-19(26-31-25-18)23-11-3-10-22;9-5-8(10)6-1-3-7(4-2-6)11(12)13/h1-2,4-9,15H,3,11-12H2,(H,23,26);1-4,8H,5H2. The molecule has 0 bridgehead atoms. The summed E-state index contributed by atoms with van der Waals surface area (Å²) in [5.74, 6) is 0.656. The summed E-state index contributed by atoms with van der Waals surface area (Å²) in [6.07, 6.45) is -2.30. The second-order valence-corrected chi connectivity index (χ2v) is 9.77. The second-order valence-electron chi connectivity index (χ2n) is 9.12. The molecule has 226 valence electrons. The number of nitro groups is 2. The molecule has 1 N–H and O–H groups in total. The van der Waals surface area contributed by atoms with Gasteiger partial charge in [0.2, 0.25) is 5.82 Å². The first kappa shape index (κ1) is 31.6. The van der Waals surface area contributed by atoms with Gasteiger partial charge in [0.25, 0.3) is 11.4 Å². The minimum atomic E-state index is -1.45. The number of nitro benzene ring substituents is 2. The number of nitriles is 1. The van der Waals surface area contributed by atoms with Crippen LogP contribution in [0.25, 0.3) is 22.6 Å². The molecule has 0 saturated heterocycles. The van der Waals surface area contributed by atoms with Crippen molar-refractivity contribution in [3.63, 3.8) is 0 Å². The van der Waals surface area contributed by atoms with Crippen LogP contribution in [-0.4, -0.2) is 41.6 Å². The monoisotopic (exact) mass is 668 g/mol. The van der Waals surface area contributed by atoms with Crippen molar-refractivity contribution in [3.8, 4) is 17.6 Å². The predicted molar refractivity (Wildman–Crippen MR) is 159 cm³/mol. The van der Waals surface area contributed by atoms with Crippen molar-refractivity contribution in [1.29, 1.82) is 5.26 Å². The van der Waals surface area contributed by atoms with Crippen LogP contribution in [-0.2, 0) is 6.54 Å². The predicted octanol–water partition coefficient (Wildman–Crippen LogP) is 7.03. The number of alkyl halides is 3. The fraction of sp³-hybridized carbons (Fsp3) is 0.214. The Morgan fingerprint density at radius 2 is 1.52 bits per heavy atom. The Labute approximate surface area is 256 Å². The highest BCUT2D eigenvalue weighted by Crippen LogP contribution is 2.31. The minimum absolute atomic E-state index is 0.0227. The van der Waals surface area contributed by atoms with Crippen LogP contribution in [0.1, 0.15) is 29.9 Å². The number of nitrogens with zero attached hydrogens (tertiary/aromatic N) is 7. The number of para-hydroxylation sites is 2. The summed E-state index contributed by atoms with van der Waals surface area (Å²) in [5, 5.41) is 40.7. The Kier molecular flexibility index (Phi) is 10.6. The number of hydrogen-bond donors (Lipinski definition) is 1. The molecule has 0 amide bonds. The summed E-state index contributed by atoms with van der Waals surface area (Å²) < 4.78 is 34.7. The Balaban J connectivity index is 0.000000285. The number of benzene rings is 3. The molecular formula is C28H23BrF2N8O5. The van der Waals surface area contributed by atoms with Crippen LogP contribution in [0.15, 0.2) is 77.4 Å². The third-order valence-electron chi connectivity index (χ3n) is 6.29. The van der Waals surface area contributed by atoms with Gasteiger partial charge in [-0.05, 0) is 57.8 Å². The number of hydrogen-bond acceptors (Lipinski definition) is 10. The topological polar surface area (TPSA) is 179 Å². The molecule has 44 heavy (non-hydrogen) atoms. The molecule has 0 saturated carbocycles. The fourth-order valence-corrected chi connectivity index (χ4v) is 4.47. The molecule has 0 radical (unpaired) electrons. The average molecular weight is 669 g/mol. The van der Waals surface area contributed by atoms with E-state index in [0.29, 0.717) is 46.0 Å². The van der Waals surface area contributed by atoms with Crippen LogP contribution < -0.4 is 5.32 Å². The van der Waals surface area contributed by atoms with E-state index in [1.54, 1.807) is 10.6 Å². The van der Waals surface area contributed by atoms with Gasteiger partial charge >= 0.3 is 0 Å². The molecule has 0 fully saturated rings. The quantitative estimate of drug-likeness (QED) is 0.0664. The zero-order valence-corrected chi connectivity index (χ0v) is 24.3. The van der Waals surface area contributed by atoms with Crippen LogP contribution in [0, 0.1) is 31.6 Å². The zero-order valence-electron chi connectivity index (χ0n) is 22.7. The van der Waals surface area contributed by atoms with Crippen LogP contribution in [0.2, 0.25) is 0 Å². The molecule has 0 spiro atoms. The van der Waals surface area contributed by atoms with E-state index >= 15 is 4.39 Å². The van der Waals surface area contributed by atoms with Crippen molar-refractivity contribution in [3.05, 3.63) is 104 Å². The SMILES string of the molecule is N#CCCNc1nonc1-c1nc2ccccc2n1CC(F)c1ccc([N+](=O)[O-])cc1.O=[N+]([O-])c1ccc(C(F)CBr)cc1. The first-order valence-electron chi connectivity index (χ1n) is 12.9. The van der Waals surface area contributed by atoms with Gasteiger partial charge < -0.3 is 9.88 Å². The van der Waals surface area contributed by atoms with Gasteiger partial charge in [-0.15, -0.1) is 0 Å². The van der Waals surface area contributed by atoms with Crippen molar-refractivity contribution in [1.82, 2.24) is 19.9 Å². The number of non-ortho nitro benzene ring substituents is 2. The van der Waals surface area contributed by atoms with Gasteiger partial charge in [0, 0.05) is 36.1 Å². The first-order chi connectivity index (χ1) is 21.2. The number of nitrogens with one attached hydrogen (secondary N) is 1. The van der Waals surface area contributed by atoms with Crippen LogP contribution in [0.5, 0.6) is 0 Å². The maximum Gasteiger partial charge on any atom is 0.269 e. The van der Waals surface area contributed by atoms with Gasteiger partial charge in [0.05, 0.1) is 39.9 Å². The highest BCUT2D eigenvalue weighted by molar-refractivity contribution is 9.09.